The van der Waals surface area contributed by atoms with E-state index in [4.69, 9.17) is 0 Å². The minimum absolute atomic E-state index is 0.133. The Morgan fingerprint density at radius 1 is 1.64 bits per heavy atom. The number of nitrogens with one attached hydrogen (secondary N) is 1. The van der Waals surface area contributed by atoms with Gasteiger partial charge in [0, 0.05) is 10.9 Å². The van der Waals surface area contributed by atoms with Crippen molar-refractivity contribution in [2.45, 2.75) is 39.2 Å². The Hall–Kier alpha value is -0.830. The van der Waals surface area contributed by atoms with Gasteiger partial charge in [0.05, 0.1) is 6.42 Å². The van der Waals surface area contributed by atoms with Gasteiger partial charge in [-0.3, -0.25) is 4.79 Å². The molecule has 0 aromatic carbocycles. The lowest BCUT2D eigenvalue weighted by Crippen LogP contribution is -2.33. The van der Waals surface area contributed by atoms with E-state index < -0.39 is 0 Å². The van der Waals surface area contributed by atoms with Crippen LogP contribution in [0.1, 0.15) is 31.6 Å². The molecule has 14 heavy (non-hydrogen) atoms. The van der Waals surface area contributed by atoms with Crippen LogP contribution in [0.5, 0.6) is 0 Å². The van der Waals surface area contributed by atoms with Gasteiger partial charge in [0.1, 0.15) is 0 Å². The van der Waals surface area contributed by atoms with Crippen LogP contribution in [0.3, 0.4) is 0 Å². The Labute approximate surface area is 89.3 Å². The predicted octanol–water partition coefficient (Wildman–Crippen LogP) is 2.60. The lowest BCUT2D eigenvalue weighted by molar-refractivity contribution is -0.121. The summed E-state index contributed by atoms with van der Waals surface area (Å²) in [7, 11) is 0. The van der Waals surface area contributed by atoms with Crippen LogP contribution in [-0.4, -0.2) is 11.9 Å². The highest BCUT2D eigenvalue weighted by molar-refractivity contribution is 7.10. The molecular formula is C11H17NOS. The molecule has 0 bridgehead atoms. The van der Waals surface area contributed by atoms with E-state index in [-0.39, 0.29) is 5.91 Å². The van der Waals surface area contributed by atoms with E-state index in [0.717, 1.165) is 17.7 Å². The molecule has 0 aliphatic carbocycles. The number of carbonyl (C=O) groups is 1. The Kier molecular flexibility index (Phi) is 4.66. The van der Waals surface area contributed by atoms with Gasteiger partial charge >= 0.3 is 0 Å². The quantitative estimate of drug-likeness (QED) is 0.797. The van der Waals surface area contributed by atoms with Crippen molar-refractivity contribution < 1.29 is 4.79 Å². The number of amides is 1. The summed E-state index contributed by atoms with van der Waals surface area (Å²) in [6.07, 6.45) is 2.68. The number of hydrogen-bond acceptors (Lipinski definition) is 2. The zero-order valence-corrected chi connectivity index (χ0v) is 9.56. The largest absolute Gasteiger partial charge is 0.353 e. The minimum Gasteiger partial charge on any atom is -0.353 e. The summed E-state index contributed by atoms with van der Waals surface area (Å²) in [5.74, 6) is 0.133. The Morgan fingerprint density at radius 3 is 3.00 bits per heavy atom. The summed E-state index contributed by atoms with van der Waals surface area (Å²) in [4.78, 5) is 12.6. The fourth-order valence-corrected chi connectivity index (χ4v) is 2.11. The average Bonchev–Trinajstić information content (AvgIpc) is 2.56. The molecule has 0 aliphatic rings. The van der Waals surface area contributed by atoms with Gasteiger partial charge in [0.15, 0.2) is 0 Å². The highest BCUT2D eigenvalue weighted by atomic mass is 32.1. The van der Waals surface area contributed by atoms with E-state index in [9.17, 15) is 4.79 Å². The topological polar surface area (TPSA) is 29.1 Å². The van der Waals surface area contributed by atoms with Crippen molar-refractivity contribution in [1.82, 2.24) is 5.32 Å². The van der Waals surface area contributed by atoms with Crippen LogP contribution in [0.4, 0.5) is 0 Å². The molecule has 78 valence electrons. The molecule has 1 amide bonds. The summed E-state index contributed by atoms with van der Waals surface area (Å²) in [5.41, 5.74) is 0. The third kappa shape index (κ3) is 3.92. The second kappa shape index (κ2) is 5.81. The maximum Gasteiger partial charge on any atom is 0.225 e. The Morgan fingerprint density at radius 2 is 2.43 bits per heavy atom. The van der Waals surface area contributed by atoms with Gasteiger partial charge < -0.3 is 5.32 Å². The zero-order chi connectivity index (χ0) is 10.4. The zero-order valence-electron chi connectivity index (χ0n) is 8.75. The van der Waals surface area contributed by atoms with Crippen molar-refractivity contribution in [3.8, 4) is 0 Å². The molecule has 1 rings (SSSR count). The van der Waals surface area contributed by atoms with E-state index in [2.05, 4.69) is 19.2 Å². The molecule has 0 radical (unpaired) electrons. The third-order valence-electron chi connectivity index (χ3n) is 2.04. The number of carbonyl (C=O) groups excluding carboxylic acids is 1. The van der Waals surface area contributed by atoms with E-state index in [1.54, 1.807) is 11.3 Å². The summed E-state index contributed by atoms with van der Waals surface area (Å²) in [5, 5.41) is 4.98. The van der Waals surface area contributed by atoms with Gasteiger partial charge in [-0.25, -0.2) is 0 Å². The summed E-state index contributed by atoms with van der Waals surface area (Å²) in [6.45, 7) is 4.18. The summed E-state index contributed by atoms with van der Waals surface area (Å²) in [6, 6.07) is 4.27. The lowest BCUT2D eigenvalue weighted by Gasteiger charge is -2.11. The summed E-state index contributed by atoms with van der Waals surface area (Å²) >= 11 is 1.63. The second-order valence-electron chi connectivity index (χ2n) is 3.51. The average molecular weight is 211 g/mol. The molecule has 0 spiro atoms. The second-order valence-corrected chi connectivity index (χ2v) is 4.55. The van der Waals surface area contributed by atoms with E-state index in [1.165, 1.54) is 0 Å². The predicted molar refractivity (Wildman–Crippen MR) is 60.5 cm³/mol. The molecule has 0 saturated carbocycles. The van der Waals surface area contributed by atoms with E-state index >= 15 is 0 Å². The number of hydrogen-bond donors (Lipinski definition) is 1. The fourth-order valence-electron chi connectivity index (χ4n) is 1.40. The van der Waals surface area contributed by atoms with E-state index in [0.29, 0.717) is 12.5 Å². The molecule has 3 heteroatoms. The van der Waals surface area contributed by atoms with E-state index in [1.807, 2.05) is 17.5 Å². The van der Waals surface area contributed by atoms with Crippen molar-refractivity contribution in [2.75, 3.05) is 0 Å². The van der Waals surface area contributed by atoms with Crippen LogP contribution < -0.4 is 5.32 Å². The molecule has 1 heterocycles. The molecule has 1 aromatic rings. The first kappa shape index (κ1) is 11.2. The van der Waals surface area contributed by atoms with Gasteiger partial charge in [-0.05, 0) is 24.8 Å². The first-order valence-corrected chi connectivity index (χ1v) is 5.92. The SMILES string of the molecule is CCC[C@@H](C)NC(=O)Cc1cccs1. The van der Waals surface area contributed by atoms with Gasteiger partial charge in [-0.15, -0.1) is 11.3 Å². The van der Waals surface area contributed by atoms with Crippen LogP contribution in [0, 0.1) is 0 Å². The Bertz CT molecular complexity index is 269. The van der Waals surface area contributed by atoms with Gasteiger partial charge in [-0.2, -0.15) is 0 Å². The van der Waals surface area contributed by atoms with Crippen molar-refractivity contribution in [1.29, 1.82) is 0 Å². The fraction of sp³-hybridized carbons (Fsp3) is 0.545. The van der Waals surface area contributed by atoms with Crippen LogP contribution >= 0.6 is 11.3 Å². The van der Waals surface area contributed by atoms with Crippen LogP contribution in [0.2, 0.25) is 0 Å². The van der Waals surface area contributed by atoms with Crippen molar-refractivity contribution in [3.63, 3.8) is 0 Å². The molecule has 0 saturated heterocycles. The first-order chi connectivity index (χ1) is 6.72. The molecule has 1 aromatic heterocycles. The highest BCUT2D eigenvalue weighted by Gasteiger charge is 2.07. The number of rotatable bonds is 5. The molecule has 0 unspecified atom stereocenters. The third-order valence-corrected chi connectivity index (χ3v) is 2.92. The first-order valence-electron chi connectivity index (χ1n) is 5.04. The summed E-state index contributed by atoms with van der Waals surface area (Å²) < 4.78 is 0. The molecule has 0 fully saturated rings. The van der Waals surface area contributed by atoms with Crippen molar-refractivity contribution >= 4 is 17.2 Å². The van der Waals surface area contributed by atoms with Crippen molar-refractivity contribution in [2.24, 2.45) is 0 Å². The van der Waals surface area contributed by atoms with Crippen LogP contribution in [-0.2, 0) is 11.2 Å². The van der Waals surface area contributed by atoms with Gasteiger partial charge in [0.25, 0.3) is 0 Å². The molecule has 0 aliphatic heterocycles. The van der Waals surface area contributed by atoms with Crippen LogP contribution in [0.25, 0.3) is 0 Å². The molecule has 2 nitrogen and oxygen atoms in total. The normalized spacial score (nSPS) is 12.4. The Balaban J connectivity index is 2.29. The maximum absolute atomic E-state index is 11.5. The lowest BCUT2D eigenvalue weighted by atomic mass is 10.2. The maximum atomic E-state index is 11.5. The molecule has 1 N–H and O–H groups in total. The van der Waals surface area contributed by atoms with Crippen molar-refractivity contribution in [3.05, 3.63) is 22.4 Å². The van der Waals surface area contributed by atoms with Gasteiger partial charge in [-0.1, -0.05) is 19.4 Å². The molecular weight excluding hydrogens is 194 g/mol. The monoisotopic (exact) mass is 211 g/mol. The smallest absolute Gasteiger partial charge is 0.225 e. The molecule has 1 atom stereocenters. The van der Waals surface area contributed by atoms with Crippen LogP contribution in [0.15, 0.2) is 17.5 Å². The highest BCUT2D eigenvalue weighted by Crippen LogP contribution is 2.09. The minimum atomic E-state index is 0.133. The number of thiophene rings is 1. The van der Waals surface area contributed by atoms with Gasteiger partial charge in [0.2, 0.25) is 5.91 Å². The standard InChI is InChI=1S/C11H17NOS/c1-3-5-9(2)12-11(13)8-10-6-4-7-14-10/h4,6-7,9H,3,5,8H2,1-2H3,(H,12,13)/t9-/m1/s1.